The lowest BCUT2D eigenvalue weighted by Gasteiger charge is -2.30. The van der Waals surface area contributed by atoms with Crippen molar-refractivity contribution in [3.05, 3.63) is 59.7 Å². The van der Waals surface area contributed by atoms with Crippen LogP contribution in [0.25, 0.3) is 0 Å². The number of nitrogens with one attached hydrogen (secondary N) is 4. The number of carbonyl (C=O) groups is 3. The Hall–Kier alpha value is -3.04. The first-order chi connectivity index (χ1) is 15.9. The molecule has 2 aromatic rings. The molecule has 176 valence electrons. The van der Waals surface area contributed by atoms with Crippen molar-refractivity contribution in [3.8, 4) is 5.75 Å². The molecule has 1 saturated heterocycles. The summed E-state index contributed by atoms with van der Waals surface area (Å²) in [5, 5.41) is 11.8. The van der Waals surface area contributed by atoms with Gasteiger partial charge >= 0.3 is 0 Å². The molecule has 0 spiro atoms. The lowest BCUT2D eigenvalue weighted by Crippen LogP contribution is -2.56. The Kier molecular flexibility index (Phi) is 9.14. The van der Waals surface area contributed by atoms with Crippen LogP contribution in [0.1, 0.15) is 30.9 Å². The molecule has 2 aromatic carbocycles. The first-order valence-corrected chi connectivity index (χ1v) is 12.0. The molecule has 9 heteroatoms. The summed E-state index contributed by atoms with van der Waals surface area (Å²) in [6.45, 7) is 2.46. The molecular weight excluding hydrogens is 440 g/mol. The minimum absolute atomic E-state index is 0.146. The second-order valence-corrected chi connectivity index (χ2v) is 8.85. The minimum Gasteiger partial charge on any atom is -0.497 e. The summed E-state index contributed by atoms with van der Waals surface area (Å²) >= 11 is 1.28. The largest absolute Gasteiger partial charge is 0.497 e. The van der Waals surface area contributed by atoms with E-state index >= 15 is 0 Å². The Bertz CT molecular complexity index is 967. The minimum atomic E-state index is -0.435. The number of ether oxygens (including phenoxy) is 1. The van der Waals surface area contributed by atoms with Crippen molar-refractivity contribution in [2.75, 3.05) is 18.2 Å². The molecule has 33 heavy (non-hydrogen) atoms. The van der Waals surface area contributed by atoms with Gasteiger partial charge < -0.3 is 20.7 Å². The topological polar surface area (TPSA) is 109 Å². The normalized spacial score (nSPS) is 17.7. The third-order valence-electron chi connectivity index (χ3n) is 5.19. The number of hydrogen-bond acceptors (Lipinski definition) is 6. The van der Waals surface area contributed by atoms with Crippen LogP contribution in [0.2, 0.25) is 0 Å². The van der Waals surface area contributed by atoms with E-state index < -0.39 is 5.50 Å². The summed E-state index contributed by atoms with van der Waals surface area (Å²) in [5.41, 5.74) is 2.44. The quantitative estimate of drug-likeness (QED) is 0.425. The van der Waals surface area contributed by atoms with E-state index in [0.29, 0.717) is 6.54 Å². The van der Waals surface area contributed by atoms with Crippen molar-refractivity contribution in [2.45, 2.75) is 44.3 Å². The van der Waals surface area contributed by atoms with Crippen molar-refractivity contribution in [1.29, 1.82) is 0 Å². The Morgan fingerprint density at radius 1 is 1.12 bits per heavy atom. The monoisotopic (exact) mass is 470 g/mol. The maximum atomic E-state index is 12.4. The molecule has 3 amide bonds. The zero-order valence-electron chi connectivity index (χ0n) is 18.9. The summed E-state index contributed by atoms with van der Waals surface area (Å²) in [6.07, 6.45) is 1.32. The van der Waals surface area contributed by atoms with E-state index in [0.717, 1.165) is 23.4 Å². The van der Waals surface area contributed by atoms with Gasteiger partial charge in [-0.15, -0.1) is 11.8 Å². The van der Waals surface area contributed by atoms with Gasteiger partial charge in [0.2, 0.25) is 17.7 Å². The number of methoxy groups -OCH3 is 1. The van der Waals surface area contributed by atoms with E-state index in [4.69, 9.17) is 4.74 Å². The average Bonchev–Trinajstić information content (AvgIpc) is 2.82. The van der Waals surface area contributed by atoms with Crippen LogP contribution in [0, 0.1) is 0 Å². The van der Waals surface area contributed by atoms with Crippen molar-refractivity contribution >= 4 is 35.2 Å². The predicted octanol–water partition coefficient (Wildman–Crippen LogP) is 2.40. The van der Waals surface area contributed by atoms with E-state index in [-0.39, 0.29) is 42.4 Å². The van der Waals surface area contributed by atoms with Crippen molar-refractivity contribution in [1.82, 2.24) is 16.0 Å². The number of hydrogen-bond donors (Lipinski definition) is 4. The fraction of sp³-hybridized carbons (Fsp3) is 0.375. The summed E-state index contributed by atoms with van der Waals surface area (Å²) in [7, 11) is 1.60. The number of rotatable bonds is 10. The van der Waals surface area contributed by atoms with Gasteiger partial charge in [-0.3, -0.25) is 19.7 Å². The average molecular weight is 471 g/mol. The van der Waals surface area contributed by atoms with Crippen LogP contribution < -0.4 is 26.0 Å². The van der Waals surface area contributed by atoms with E-state index in [1.54, 1.807) is 7.11 Å². The van der Waals surface area contributed by atoms with Crippen LogP contribution in [0.4, 0.5) is 5.69 Å². The molecule has 0 aromatic heterocycles. The number of aryl methyl sites for hydroxylation is 1. The fourth-order valence-electron chi connectivity index (χ4n) is 3.42. The number of carbonyl (C=O) groups excluding carboxylic acids is 3. The highest BCUT2D eigenvalue weighted by Crippen LogP contribution is 2.16. The SMILES string of the molecule is CCc1ccc(NC(=O)CSC2NC(=O)CC(CC(=O)NCc3cccc(OC)c3)N2)cc1. The standard InChI is InChI=1S/C24H30N4O4S/c1-3-16-7-9-18(10-8-16)26-23(31)15-33-24-27-19(13-22(30)28-24)12-21(29)25-14-17-5-4-6-20(11-17)32-2/h4-11,19,24,27H,3,12-15H2,1-2H3,(H,25,29)(H,26,31)(H,28,30). The molecule has 0 aliphatic carbocycles. The molecule has 1 aliphatic rings. The van der Waals surface area contributed by atoms with Gasteiger partial charge in [-0.2, -0.15) is 0 Å². The van der Waals surface area contributed by atoms with E-state index in [1.165, 1.54) is 17.3 Å². The number of thioether (sulfide) groups is 1. The van der Waals surface area contributed by atoms with Crippen LogP contribution in [0.5, 0.6) is 5.75 Å². The molecule has 1 aliphatic heterocycles. The van der Waals surface area contributed by atoms with Crippen LogP contribution in [-0.4, -0.2) is 42.1 Å². The molecule has 8 nitrogen and oxygen atoms in total. The van der Waals surface area contributed by atoms with Gasteiger partial charge in [0.15, 0.2) is 0 Å². The smallest absolute Gasteiger partial charge is 0.234 e. The summed E-state index contributed by atoms with van der Waals surface area (Å²) in [5.74, 6) is 0.449. The van der Waals surface area contributed by atoms with Crippen molar-refractivity contribution in [2.24, 2.45) is 0 Å². The van der Waals surface area contributed by atoms with E-state index in [2.05, 4.69) is 28.2 Å². The number of benzene rings is 2. The highest BCUT2D eigenvalue weighted by atomic mass is 32.2. The Labute approximate surface area is 198 Å². The maximum Gasteiger partial charge on any atom is 0.234 e. The molecular formula is C24H30N4O4S. The van der Waals surface area contributed by atoms with Gasteiger partial charge in [0, 0.05) is 31.1 Å². The van der Waals surface area contributed by atoms with Gasteiger partial charge in [-0.05, 0) is 41.8 Å². The zero-order chi connectivity index (χ0) is 23.6. The van der Waals surface area contributed by atoms with E-state index in [9.17, 15) is 14.4 Å². The lowest BCUT2D eigenvalue weighted by atomic mass is 10.1. The maximum absolute atomic E-state index is 12.4. The Balaban J connectivity index is 1.42. The van der Waals surface area contributed by atoms with Crippen LogP contribution in [-0.2, 0) is 27.3 Å². The van der Waals surface area contributed by atoms with Crippen LogP contribution >= 0.6 is 11.8 Å². The molecule has 0 bridgehead atoms. The first-order valence-electron chi connectivity index (χ1n) is 10.9. The predicted molar refractivity (Wildman–Crippen MR) is 130 cm³/mol. The van der Waals surface area contributed by atoms with Gasteiger partial charge in [0.1, 0.15) is 11.2 Å². The van der Waals surface area contributed by atoms with Gasteiger partial charge in [0.25, 0.3) is 0 Å². The second-order valence-electron chi connectivity index (χ2n) is 7.76. The second kappa shape index (κ2) is 12.3. The third-order valence-corrected chi connectivity index (χ3v) is 6.21. The van der Waals surface area contributed by atoms with Gasteiger partial charge in [-0.1, -0.05) is 31.2 Å². The zero-order valence-corrected chi connectivity index (χ0v) is 19.7. The van der Waals surface area contributed by atoms with Crippen LogP contribution in [0.15, 0.2) is 48.5 Å². The summed E-state index contributed by atoms with van der Waals surface area (Å²) < 4.78 is 5.19. The molecule has 2 unspecified atom stereocenters. The summed E-state index contributed by atoms with van der Waals surface area (Å²) in [4.78, 5) is 36.8. The van der Waals surface area contributed by atoms with Gasteiger partial charge in [-0.25, -0.2) is 0 Å². The molecule has 3 rings (SSSR count). The molecule has 0 saturated carbocycles. The van der Waals surface area contributed by atoms with Crippen molar-refractivity contribution < 1.29 is 19.1 Å². The molecule has 2 atom stereocenters. The molecule has 4 N–H and O–H groups in total. The highest BCUT2D eigenvalue weighted by Gasteiger charge is 2.28. The van der Waals surface area contributed by atoms with Crippen LogP contribution in [0.3, 0.4) is 0 Å². The highest BCUT2D eigenvalue weighted by molar-refractivity contribution is 8.00. The van der Waals surface area contributed by atoms with Crippen molar-refractivity contribution in [3.63, 3.8) is 0 Å². The number of anilines is 1. The lowest BCUT2D eigenvalue weighted by molar-refractivity contribution is -0.125. The summed E-state index contributed by atoms with van der Waals surface area (Å²) in [6, 6.07) is 14.9. The van der Waals surface area contributed by atoms with E-state index in [1.807, 2.05) is 48.5 Å². The molecule has 1 heterocycles. The Morgan fingerprint density at radius 3 is 2.64 bits per heavy atom. The molecule has 1 fully saturated rings. The fourth-order valence-corrected chi connectivity index (χ4v) is 4.32. The number of amides is 3. The molecule has 0 radical (unpaired) electrons. The van der Waals surface area contributed by atoms with Gasteiger partial charge in [0.05, 0.1) is 12.9 Å². The third kappa shape index (κ3) is 8.11. The Morgan fingerprint density at radius 2 is 1.91 bits per heavy atom. The first kappa shape index (κ1) is 24.6.